The fourth-order valence-electron chi connectivity index (χ4n) is 5.11. The van der Waals surface area contributed by atoms with Crippen molar-refractivity contribution < 1.29 is 4.74 Å². The first-order valence-electron chi connectivity index (χ1n) is 13.0. The lowest BCUT2D eigenvalue weighted by Crippen LogP contribution is -2.38. The van der Waals surface area contributed by atoms with E-state index in [1.54, 1.807) is 15.4 Å². The molecule has 1 aromatic carbocycles. The van der Waals surface area contributed by atoms with E-state index in [2.05, 4.69) is 58.1 Å². The Hall–Kier alpha value is -4.90. The van der Waals surface area contributed by atoms with Crippen LogP contribution < -0.4 is 9.64 Å². The zero-order valence-electron chi connectivity index (χ0n) is 22.1. The number of benzene rings is 1. The second-order valence-electron chi connectivity index (χ2n) is 10.0. The van der Waals surface area contributed by atoms with Crippen molar-refractivity contribution in [2.45, 2.75) is 25.9 Å². The summed E-state index contributed by atoms with van der Waals surface area (Å²) in [6, 6.07) is 16.6. The van der Waals surface area contributed by atoms with Crippen LogP contribution in [0.1, 0.15) is 30.9 Å². The molecule has 0 bridgehead atoms. The average molecular weight is 516 g/mol. The molecule has 0 aliphatic carbocycles. The number of anilines is 1. The van der Waals surface area contributed by atoms with E-state index in [1.807, 2.05) is 50.9 Å². The standard InChI is InChI=1S/C31H29N7O/c1-21(2)22-5-4-6-28(13-22)39-27-9-11-37(12-10-27)30-8-7-23(16-33-30)29-14-24(26-18-34-36(3)19-26)20-38-31(29)25(15-32)17-35-38/h4-8,13-14,16-20,27H,1,9-12H2,2-3H3. The summed E-state index contributed by atoms with van der Waals surface area (Å²) in [4.78, 5) is 7.12. The van der Waals surface area contributed by atoms with Gasteiger partial charge in [0, 0.05) is 73.8 Å². The van der Waals surface area contributed by atoms with E-state index < -0.39 is 0 Å². The molecule has 1 aliphatic rings. The van der Waals surface area contributed by atoms with E-state index >= 15 is 0 Å². The number of hydrogen-bond acceptors (Lipinski definition) is 6. The number of fused-ring (bicyclic) bond motifs is 1. The predicted octanol–water partition coefficient (Wildman–Crippen LogP) is 5.75. The van der Waals surface area contributed by atoms with E-state index in [9.17, 15) is 5.26 Å². The zero-order chi connectivity index (χ0) is 26.9. The van der Waals surface area contributed by atoms with Crippen LogP contribution in [0.5, 0.6) is 5.75 Å². The van der Waals surface area contributed by atoms with Crippen LogP contribution in [0.4, 0.5) is 5.82 Å². The Labute approximate surface area is 227 Å². The van der Waals surface area contributed by atoms with Crippen molar-refractivity contribution in [3.8, 4) is 34.1 Å². The number of piperidine rings is 1. The number of pyridine rings is 2. The molecule has 1 fully saturated rings. The molecular formula is C31H29N7O. The molecule has 0 atom stereocenters. The Bertz CT molecular complexity index is 1700. The molecule has 0 amide bonds. The first kappa shape index (κ1) is 24.4. The van der Waals surface area contributed by atoms with Crippen LogP contribution in [-0.2, 0) is 7.05 Å². The summed E-state index contributed by atoms with van der Waals surface area (Å²) in [7, 11) is 1.89. The minimum atomic E-state index is 0.177. The maximum Gasteiger partial charge on any atom is 0.128 e. The first-order chi connectivity index (χ1) is 19.0. The Balaban J connectivity index is 1.21. The van der Waals surface area contributed by atoms with Crippen LogP contribution >= 0.6 is 0 Å². The molecule has 0 radical (unpaired) electrons. The molecule has 0 saturated carbocycles. The molecule has 0 unspecified atom stereocenters. The van der Waals surface area contributed by atoms with Gasteiger partial charge in [-0.15, -0.1) is 0 Å². The van der Waals surface area contributed by atoms with Crippen molar-refractivity contribution in [3.05, 3.63) is 91.2 Å². The van der Waals surface area contributed by atoms with Gasteiger partial charge in [0.05, 0.1) is 23.5 Å². The number of nitrogens with zero attached hydrogens (tertiary/aromatic N) is 7. The lowest BCUT2D eigenvalue weighted by Gasteiger charge is -2.33. The molecule has 0 N–H and O–H groups in total. The van der Waals surface area contributed by atoms with Crippen LogP contribution in [0.2, 0.25) is 0 Å². The number of aromatic nitrogens is 5. The van der Waals surface area contributed by atoms with Crippen molar-refractivity contribution in [1.29, 1.82) is 5.26 Å². The molecule has 4 aromatic heterocycles. The van der Waals surface area contributed by atoms with E-state index in [0.29, 0.717) is 5.56 Å². The van der Waals surface area contributed by atoms with Gasteiger partial charge in [-0.1, -0.05) is 24.3 Å². The summed E-state index contributed by atoms with van der Waals surface area (Å²) in [6.45, 7) is 7.79. The monoisotopic (exact) mass is 515 g/mol. The highest BCUT2D eigenvalue weighted by molar-refractivity contribution is 5.87. The highest BCUT2D eigenvalue weighted by Crippen LogP contribution is 2.33. The van der Waals surface area contributed by atoms with Gasteiger partial charge in [-0.3, -0.25) is 4.68 Å². The number of ether oxygens (including phenoxy) is 1. The maximum absolute atomic E-state index is 9.70. The van der Waals surface area contributed by atoms with Gasteiger partial charge < -0.3 is 9.64 Å². The SMILES string of the molecule is C=C(C)c1cccc(OC2CCN(c3ccc(-c4cc(-c5cnn(C)c5)cn5ncc(C#N)c45)cn3)CC2)c1. The molecule has 8 nitrogen and oxygen atoms in total. The third-order valence-electron chi connectivity index (χ3n) is 7.22. The molecular weight excluding hydrogens is 486 g/mol. The highest BCUT2D eigenvalue weighted by atomic mass is 16.5. The Kier molecular flexibility index (Phi) is 6.33. The van der Waals surface area contributed by atoms with E-state index in [4.69, 9.17) is 9.72 Å². The van der Waals surface area contributed by atoms with Gasteiger partial charge in [-0.25, -0.2) is 9.50 Å². The summed E-state index contributed by atoms with van der Waals surface area (Å²) in [5, 5.41) is 18.4. The van der Waals surface area contributed by atoms with Gasteiger partial charge in [-0.05, 0) is 42.8 Å². The highest BCUT2D eigenvalue weighted by Gasteiger charge is 2.22. The van der Waals surface area contributed by atoms with Crippen molar-refractivity contribution in [2.24, 2.45) is 7.05 Å². The molecule has 0 spiro atoms. The lowest BCUT2D eigenvalue weighted by molar-refractivity contribution is 0.170. The molecule has 8 heteroatoms. The first-order valence-corrected chi connectivity index (χ1v) is 13.0. The number of hydrogen-bond donors (Lipinski definition) is 0. The molecule has 1 saturated heterocycles. The quantitative estimate of drug-likeness (QED) is 0.286. The second kappa shape index (κ2) is 10.1. The molecule has 6 rings (SSSR count). The van der Waals surface area contributed by atoms with Crippen molar-refractivity contribution in [2.75, 3.05) is 18.0 Å². The van der Waals surface area contributed by atoms with Crippen LogP contribution in [0.25, 0.3) is 33.3 Å². The molecule has 5 heterocycles. The Morgan fingerprint density at radius 2 is 1.85 bits per heavy atom. The zero-order valence-corrected chi connectivity index (χ0v) is 22.1. The molecule has 39 heavy (non-hydrogen) atoms. The van der Waals surface area contributed by atoms with Gasteiger partial charge in [0.15, 0.2) is 0 Å². The number of nitriles is 1. The predicted molar refractivity (Wildman–Crippen MR) is 152 cm³/mol. The maximum atomic E-state index is 9.70. The fourth-order valence-corrected chi connectivity index (χ4v) is 5.11. The summed E-state index contributed by atoms with van der Waals surface area (Å²) >= 11 is 0. The van der Waals surface area contributed by atoms with E-state index in [1.165, 1.54) is 0 Å². The Morgan fingerprint density at radius 3 is 2.54 bits per heavy atom. The van der Waals surface area contributed by atoms with Crippen molar-refractivity contribution >= 4 is 16.9 Å². The molecule has 194 valence electrons. The minimum absolute atomic E-state index is 0.177. The van der Waals surface area contributed by atoms with Gasteiger partial charge in [-0.2, -0.15) is 15.5 Å². The number of allylic oxidation sites excluding steroid dienone is 1. The van der Waals surface area contributed by atoms with Gasteiger partial charge >= 0.3 is 0 Å². The third-order valence-corrected chi connectivity index (χ3v) is 7.22. The Morgan fingerprint density at radius 1 is 1.00 bits per heavy atom. The van der Waals surface area contributed by atoms with Crippen LogP contribution in [0.3, 0.4) is 0 Å². The van der Waals surface area contributed by atoms with Crippen LogP contribution in [0.15, 0.2) is 80.0 Å². The smallest absolute Gasteiger partial charge is 0.128 e. The summed E-state index contributed by atoms with van der Waals surface area (Å²) < 4.78 is 9.82. The van der Waals surface area contributed by atoms with Crippen LogP contribution in [-0.4, -0.2) is 43.6 Å². The lowest BCUT2D eigenvalue weighted by atomic mass is 10.0. The second-order valence-corrected chi connectivity index (χ2v) is 10.0. The largest absolute Gasteiger partial charge is 0.490 e. The molecule has 1 aliphatic heterocycles. The summed E-state index contributed by atoms with van der Waals surface area (Å²) in [5.41, 5.74) is 7.24. The van der Waals surface area contributed by atoms with Crippen molar-refractivity contribution in [1.82, 2.24) is 24.4 Å². The summed E-state index contributed by atoms with van der Waals surface area (Å²) in [6.07, 6.45) is 11.2. The molecule has 5 aromatic rings. The minimum Gasteiger partial charge on any atom is -0.490 e. The van der Waals surface area contributed by atoms with E-state index in [0.717, 1.165) is 76.4 Å². The van der Waals surface area contributed by atoms with E-state index in [-0.39, 0.29) is 6.10 Å². The van der Waals surface area contributed by atoms with Crippen LogP contribution in [0, 0.1) is 11.3 Å². The average Bonchev–Trinajstić information content (AvgIpc) is 3.59. The van der Waals surface area contributed by atoms with Crippen molar-refractivity contribution in [3.63, 3.8) is 0 Å². The normalized spacial score (nSPS) is 13.9. The number of rotatable bonds is 6. The van der Waals surface area contributed by atoms with Gasteiger partial charge in [0.2, 0.25) is 0 Å². The van der Waals surface area contributed by atoms with Gasteiger partial charge in [0.1, 0.15) is 23.7 Å². The summed E-state index contributed by atoms with van der Waals surface area (Å²) in [5.74, 6) is 1.84. The topological polar surface area (TPSA) is 84.3 Å². The third kappa shape index (κ3) is 4.87. The fraction of sp³-hybridized carbons (Fsp3) is 0.226. The van der Waals surface area contributed by atoms with Gasteiger partial charge in [0.25, 0.3) is 0 Å². The number of aryl methyl sites for hydroxylation is 1.